The fourth-order valence-corrected chi connectivity index (χ4v) is 2.10. The molecule has 0 spiro atoms. The van der Waals surface area contributed by atoms with Gasteiger partial charge in [-0.15, -0.1) is 0 Å². The zero-order valence-electron chi connectivity index (χ0n) is 11.8. The van der Waals surface area contributed by atoms with Gasteiger partial charge in [0.25, 0.3) is 0 Å². The fourth-order valence-electron chi connectivity index (χ4n) is 2.10. The van der Waals surface area contributed by atoms with Crippen LogP contribution in [-0.2, 0) is 0 Å². The summed E-state index contributed by atoms with van der Waals surface area (Å²) in [6.07, 6.45) is 3.47. The Hall–Kier alpha value is -1.08. The Morgan fingerprint density at radius 2 is 1.76 bits per heavy atom. The van der Waals surface area contributed by atoms with E-state index in [0.717, 1.165) is 13.0 Å². The lowest BCUT2D eigenvalue weighted by atomic mass is 9.99. The standard InChI is InChI=1S/C16H25N/c1-6-7-17-16(8-12(2)3)15-10-13(4)9-14(5)11-15/h8-11,16-17H,6-7H2,1-5H3. The first-order valence-electron chi connectivity index (χ1n) is 6.49. The SMILES string of the molecule is CCCNC(C=C(C)C)c1cc(C)cc(C)c1. The zero-order valence-corrected chi connectivity index (χ0v) is 11.8. The minimum absolute atomic E-state index is 0.346. The number of hydrogen-bond acceptors (Lipinski definition) is 1. The van der Waals surface area contributed by atoms with Gasteiger partial charge in [-0.1, -0.05) is 47.9 Å². The summed E-state index contributed by atoms with van der Waals surface area (Å²) in [7, 11) is 0. The predicted molar refractivity (Wildman–Crippen MR) is 76.4 cm³/mol. The second kappa shape index (κ2) is 6.61. The van der Waals surface area contributed by atoms with E-state index in [1.165, 1.54) is 22.3 Å². The van der Waals surface area contributed by atoms with E-state index in [2.05, 4.69) is 64.2 Å². The summed E-state index contributed by atoms with van der Waals surface area (Å²) in [6, 6.07) is 7.13. The van der Waals surface area contributed by atoms with Crippen LogP contribution in [0.15, 0.2) is 29.8 Å². The van der Waals surface area contributed by atoms with Crippen molar-refractivity contribution in [2.45, 2.75) is 47.1 Å². The van der Waals surface area contributed by atoms with E-state index in [-0.39, 0.29) is 0 Å². The Bertz CT molecular complexity index is 366. The van der Waals surface area contributed by atoms with Crippen LogP contribution in [0, 0.1) is 13.8 Å². The van der Waals surface area contributed by atoms with Crippen molar-refractivity contribution < 1.29 is 0 Å². The summed E-state index contributed by atoms with van der Waals surface area (Å²) >= 11 is 0. The van der Waals surface area contributed by atoms with E-state index >= 15 is 0 Å². The van der Waals surface area contributed by atoms with Crippen LogP contribution in [-0.4, -0.2) is 6.54 Å². The van der Waals surface area contributed by atoms with Crippen molar-refractivity contribution in [1.29, 1.82) is 0 Å². The average Bonchev–Trinajstić information content (AvgIpc) is 2.22. The highest BCUT2D eigenvalue weighted by molar-refractivity contribution is 5.33. The summed E-state index contributed by atoms with van der Waals surface area (Å²) < 4.78 is 0. The Balaban J connectivity index is 2.99. The number of benzene rings is 1. The molecule has 17 heavy (non-hydrogen) atoms. The third-order valence-corrected chi connectivity index (χ3v) is 2.72. The molecule has 1 aromatic carbocycles. The quantitative estimate of drug-likeness (QED) is 0.745. The summed E-state index contributed by atoms with van der Waals surface area (Å²) in [4.78, 5) is 0. The van der Waals surface area contributed by atoms with Crippen molar-refractivity contribution in [3.63, 3.8) is 0 Å². The lowest BCUT2D eigenvalue weighted by Gasteiger charge is -2.17. The van der Waals surface area contributed by atoms with Gasteiger partial charge in [-0.2, -0.15) is 0 Å². The van der Waals surface area contributed by atoms with Crippen LogP contribution >= 0.6 is 0 Å². The molecule has 1 rings (SSSR count). The molecule has 0 radical (unpaired) electrons. The first-order chi connectivity index (χ1) is 8.02. The molecule has 94 valence electrons. The van der Waals surface area contributed by atoms with Crippen LogP contribution in [0.25, 0.3) is 0 Å². The van der Waals surface area contributed by atoms with Crippen molar-refractivity contribution >= 4 is 0 Å². The molecule has 0 amide bonds. The van der Waals surface area contributed by atoms with Crippen LogP contribution < -0.4 is 5.32 Å². The monoisotopic (exact) mass is 231 g/mol. The number of aryl methyl sites for hydroxylation is 2. The first-order valence-corrected chi connectivity index (χ1v) is 6.49. The number of hydrogen-bond donors (Lipinski definition) is 1. The van der Waals surface area contributed by atoms with E-state index < -0.39 is 0 Å². The van der Waals surface area contributed by atoms with Gasteiger partial charge < -0.3 is 5.32 Å². The number of allylic oxidation sites excluding steroid dienone is 1. The molecule has 0 heterocycles. The van der Waals surface area contributed by atoms with Gasteiger partial charge in [0.05, 0.1) is 6.04 Å². The molecule has 0 aliphatic rings. The van der Waals surface area contributed by atoms with Crippen molar-refractivity contribution in [3.8, 4) is 0 Å². The molecular weight excluding hydrogens is 206 g/mol. The number of rotatable bonds is 5. The van der Waals surface area contributed by atoms with Crippen molar-refractivity contribution in [2.24, 2.45) is 0 Å². The summed E-state index contributed by atoms with van der Waals surface area (Å²) in [5, 5.41) is 3.60. The molecule has 1 heteroatoms. The van der Waals surface area contributed by atoms with E-state index in [0.29, 0.717) is 6.04 Å². The molecule has 0 aliphatic carbocycles. The van der Waals surface area contributed by atoms with E-state index in [4.69, 9.17) is 0 Å². The molecular formula is C16H25N. The maximum Gasteiger partial charge on any atom is 0.0508 e. The second-order valence-electron chi connectivity index (χ2n) is 5.10. The zero-order chi connectivity index (χ0) is 12.8. The Labute approximate surface area is 106 Å². The molecule has 1 N–H and O–H groups in total. The average molecular weight is 231 g/mol. The van der Waals surface area contributed by atoms with Crippen molar-refractivity contribution in [2.75, 3.05) is 6.54 Å². The topological polar surface area (TPSA) is 12.0 Å². The van der Waals surface area contributed by atoms with Gasteiger partial charge in [0.1, 0.15) is 0 Å². The predicted octanol–water partition coefficient (Wildman–Crippen LogP) is 4.31. The van der Waals surface area contributed by atoms with E-state index in [1.807, 2.05) is 0 Å². The van der Waals surface area contributed by atoms with E-state index in [9.17, 15) is 0 Å². The minimum Gasteiger partial charge on any atom is -0.307 e. The molecule has 0 bridgehead atoms. The lowest BCUT2D eigenvalue weighted by Crippen LogP contribution is -2.20. The Kier molecular flexibility index (Phi) is 5.43. The summed E-state index contributed by atoms with van der Waals surface area (Å²) in [5.74, 6) is 0. The van der Waals surface area contributed by atoms with Gasteiger partial charge in [-0.3, -0.25) is 0 Å². The third-order valence-electron chi connectivity index (χ3n) is 2.72. The van der Waals surface area contributed by atoms with Gasteiger partial charge >= 0.3 is 0 Å². The Morgan fingerprint density at radius 1 is 1.18 bits per heavy atom. The normalized spacial score (nSPS) is 12.3. The molecule has 1 atom stereocenters. The fraction of sp³-hybridized carbons (Fsp3) is 0.500. The molecule has 0 fully saturated rings. The number of nitrogens with one attached hydrogen (secondary N) is 1. The molecule has 0 saturated heterocycles. The minimum atomic E-state index is 0.346. The first kappa shape index (κ1) is 14.0. The van der Waals surface area contributed by atoms with Gasteiger partial charge in [0.2, 0.25) is 0 Å². The van der Waals surface area contributed by atoms with Crippen LogP contribution in [0.4, 0.5) is 0 Å². The summed E-state index contributed by atoms with van der Waals surface area (Å²) in [5.41, 5.74) is 5.41. The molecule has 1 aromatic rings. The van der Waals surface area contributed by atoms with Crippen LogP contribution in [0.2, 0.25) is 0 Å². The summed E-state index contributed by atoms with van der Waals surface area (Å²) in [6.45, 7) is 11.9. The van der Waals surface area contributed by atoms with Gasteiger partial charge in [0.15, 0.2) is 0 Å². The van der Waals surface area contributed by atoms with Gasteiger partial charge in [0, 0.05) is 0 Å². The Morgan fingerprint density at radius 3 is 2.24 bits per heavy atom. The third kappa shape index (κ3) is 4.74. The highest BCUT2D eigenvalue weighted by Gasteiger charge is 2.08. The largest absolute Gasteiger partial charge is 0.307 e. The van der Waals surface area contributed by atoms with Gasteiger partial charge in [-0.05, 0) is 46.2 Å². The highest BCUT2D eigenvalue weighted by atomic mass is 14.9. The van der Waals surface area contributed by atoms with Gasteiger partial charge in [-0.25, -0.2) is 0 Å². The highest BCUT2D eigenvalue weighted by Crippen LogP contribution is 2.19. The molecule has 0 aliphatic heterocycles. The van der Waals surface area contributed by atoms with Crippen LogP contribution in [0.5, 0.6) is 0 Å². The maximum atomic E-state index is 3.60. The van der Waals surface area contributed by atoms with Crippen molar-refractivity contribution in [3.05, 3.63) is 46.5 Å². The van der Waals surface area contributed by atoms with Crippen LogP contribution in [0.3, 0.4) is 0 Å². The van der Waals surface area contributed by atoms with E-state index in [1.54, 1.807) is 0 Å². The molecule has 0 aromatic heterocycles. The maximum absolute atomic E-state index is 3.60. The van der Waals surface area contributed by atoms with Crippen LogP contribution in [0.1, 0.15) is 49.9 Å². The molecule has 0 saturated carbocycles. The molecule has 1 nitrogen and oxygen atoms in total. The smallest absolute Gasteiger partial charge is 0.0508 e. The second-order valence-corrected chi connectivity index (χ2v) is 5.10. The lowest BCUT2D eigenvalue weighted by molar-refractivity contribution is 0.609. The van der Waals surface area contributed by atoms with Crippen molar-refractivity contribution in [1.82, 2.24) is 5.32 Å². The molecule has 1 unspecified atom stereocenters.